The van der Waals surface area contributed by atoms with Crippen LogP contribution in [0.4, 0.5) is 17.6 Å². The number of hydrogen-bond donors (Lipinski definition) is 0. The van der Waals surface area contributed by atoms with Gasteiger partial charge in [0.1, 0.15) is 5.82 Å². The smallest absolute Gasteiger partial charge is 0.417 e. The maximum absolute atomic E-state index is 14.3. The van der Waals surface area contributed by atoms with Gasteiger partial charge >= 0.3 is 18.1 Å². The number of aromatic nitrogens is 1. The van der Waals surface area contributed by atoms with Crippen molar-refractivity contribution in [3.63, 3.8) is 0 Å². The van der Waals surface area contributed by atoms with E-state index in [0.717, 1.165) is 19.2 Å². The van der Waals surface area contributed by atoms with Crippen molar-refractivity contribution in [1.82, 2.24) is 4.98 Å². The minimum Gasteiger partial charge on any atom is -0.466 e. The Balaban J connectivity index is 2.46. The predicted octanol–water partition coefficient (Wildman–Crippen LogP) is 4.93. The zero-order valence-electron chi connectivity index (χ0n) is 14.2. The van der Waals surface area contributed by atoms with Gasteiger partial charge in [-0.1, -0.05) is 23.2 Å². The van der Waals surface area contributed by atoms with E-state index in [9.17, 15) is 27.2 Å². The van der Waals surface area contributed by atoms with Gasteiger partial charge in [0.25, 0.3) is 0 Å². The average Bonchev–Trinajstić information content (AvgIpc) is 2.60. The Morgan fingerprint density at radius 3 is 2.32 bits per heavy atom. The fourth-order valence-corrected chi connectivity index (χ4v) is 2.61. The van der Waals surface area contributed by atoms with Crippen molar-refractivity contribution >= 4 is 35.1 Å². The van der Waals surface area contributed by atoms with Crippen molar-refractivity contribution in [2.45, 2.75) is 19.2 Å². The molecule has 150 valence electrons. The summed E-state index contributed by atoms with van der Waals surface area (Å²) in [7, 11) is 1.09. The van der Waals surface area contributed by atoms with Crippen molar-refractivity contribution in [2.75, 3.05) is 7.11 Å². The molecule has 2 aromatic rings. The van der Waals surface area contributed by atoms with E-state index < -0.39 is 40.6 Å². The van der Waals surface area contributed by atoms with E-state index in [1.54, 1.807) is 0 Å². The van der Waals surface area contributed by atoms with E-state index in [1.165, 1.54) is 6.92 Å². The van der Waals surface area contributed by atoms with Crippen molar-refractivity contribution in [3.8, 4) is 11.3 Å². The van der Waals surface area contributed by atoms with Crippen LogP contribution in [0.1, 0.15) is 22.8 Å². The van der Waals surface area contributed by atoms with Gasteiger partial charge in [0, 0.05) is 11.8 Å². The fraction of sp³-hybridized carbons (Fsp3) is 0.235. The predicted molar refractivity (Wildman–Crippen MR) is 91.5 cm³/mol. The molecule has 5 nitrogen and oxygen atoms in total. The Hall–Kier alpha value is -2.39. The second-order valence-electron chi connectivity index (χ2n) is 5.43. The molecule has 0 aliphatic carbocycles. The number of methoxy groups -OCH3 is 1. The summed E-state index contributed by atoms with van der Waals surface area (Å²) in [4.78, 5) is 27.1. The summed E-state index contributed by atoms with van der Waals surface area (Å²) >= 11 is 11.7. The Morgan fingerprint density at radius 1 is 1.14 bits per heavy atom. The SMILES string of the molecule is COC(=O)[C@H](C)OC(=O)c1cc(-c2ncc(C(F)(F)F)cc2Cl)c(F)cc1Cl. The van der Waals surface area contributed by atoms with Crippen LogP contribution in [-0.2, 0) is 20.4 Å². The lowest BCUT2D eigenvalue weighted by atomic mass is 10.1. The summed E-state index contributed by atoms with van der Waals surface area (Å²) < 4.78 is 61.8. The molecule has 11 heteroatoms. The van der Waals surface area contributed by atoms with E-state index in [1.807, 2.05) is 0 Å². The number of esters is 2. The molecule has 0 spiro atoms. The molecule has 0 unspecified atom stereocenters. The van der Waals surface area contributed by atoms with Crippen LogP contribution in [0.3, 0.4) is 0 Å². The molecule has 1 atom stereocenters. The van der Waals surface area contributed by atoms with E-state index in [0.29, 0.717) is 12.3 Å². The molecule has 28 heavy (non-hydrogen) atoms. The molecular weight excluding hydrogens is 429 g/mol. The normalized spacial score (nSPS) is 12.4. The lowest BCUT2D eigenvalue weighted by Crippen LogP contribution is -2.25. The summed E-state index contributed by atoms with van der Waals surface area (Å²) in [5.74, 6) is -2.89. The topological polar surface area (TPSA) is 65.5 Å². The van der Waals surface area contributed by atoms with Crippen LogP contribution in [0.15, 0.2) is 24.4 Å². The molecule has 0 radical (unpaired) electrons. The zero-order valence-corrected chi connectivity index (χ0v) is 15.7. The van der Waals surface area contributed by atoms with Crippen molar-refractivity contribution in [1.29, 1.82) is 0 Å². The molecule has 1 aromatic carbocycles. The first-order valence-electron chi connectivity index (χ1n) is 7.46. The molecular formula is C17H11Cl2F4NO4. The van der Waals surface area contributed by atoms with Crippen LogP contribution in [0.5, 0.6) is 0 Å². The third-order valence-corrected chi connectivity index (χ3v) is 4.12. The maximum atomic E-state index is 14.3. The first-order valence-corrected chi connectivity index (χ1v) is 8.22. The molecule has 0 fully saturated rings. The van der Waals surface area contributed by atoms with Crippen LogP contribution < -0.4 is 0 Å². The van der Waals surface area contributed by atoms with Gasteiger partial charge < -0.3 is 9.47 Å². The highest BCUT2D eigenvalue weighted by molar-refractivity contribution is 6.34. The number of benzene rings is 1. The summed E-state index contributed by atoms with van der Waals surface area (Å²) in [6, 6.07) is 2.26. The lowest BCUT2D eigenvalue weighted by molar-refractivity contribution is -0.149. The first kappa shape index (κ1) is 21.9. The fourth-order valence-electron chi connectivity index (χ4n) is 2.12. The van der Waals surface area contributed by atoms with Crippen molar-refractivity contribution in [3.05, 3.63) is 51.4 Å². The monoisotopic (exact) mass is 439 g/mol. The van der Waals surface area contributed by atoms with Gasteiger partial charge in [-0.15, -0.1) is 0 Å². The highest BCUT2D eigenvalue weighted by atomic mass is 35.5. The van der Waals surface area contributed by atoms with E-state index in [2.05, 4.69) is 9.72 Å². The third-order valence-electron chi connectivity index (χ3n) is 3.52. The minimum atomic E-state index is -4.69. The van der Waals surface area contributed by atoms with Gasteiger partial charge in [-0.25, -0.2) is 14.0 Å². The Labute approximate surface area is 166 Å². The largest absolute Gasteiger partial charge is 0.466 e. The Morgan fingerprint density at radius 2 is 1.79 bits per heavy atom. The summed E-state index contributed by atoms with van der Waals surface area (Å²) in [5, 5.41) is -0.829. The highest BCUT2D eigenvalue weighted by Gasteiger charge is 2.32. The van der Waals surface area contributed by atoms with Gasteiger partial charge in [0.2, 0.25) is 0 Å². The van der Waals surface area contributed by atoms with Crippen LogP contribution in [0.2, 0.25) is 10.0 Å². The van der Waals surface area contributed by atoms with Gasteiger partial charge in [0.05, 0.1) is 34.0 Å². The number of carbonyl (C=O) groups excluding carboxylic acids is 2. The average molecular weight is 440 g/mol. The minimum absolute atomic E-state index is 0.334. The summed E-state index contributed by atoms with van der Waals surface area (Å²) in [6.45, 7) is 1.25. The van der Waals surface area contributed by atoms with Crippen LogP contribution in [0.25, 0.3) is 11.3 Å². The molecule has 1 heterocycles. The van der Waals surface area contributed by atoms with Crippen LogP contribution >= 0.6 is 23.2 Å². The number of nitrogens with zero attached hydrogens (tertiary/aromatic N) is 1. The molecule has 0 saturated carbocycles. The number of alkyl halides is 3. The van der Waals surface area contributed by atoms with Gasteiger partial charge in [0.15, 0.2) is 6.10 Å². The molecule has 0 bridgehead atoms. The highest BCUT2D eigenvalue weighted by Crippen LogP contribution is 2.36. The number of pyridine rings is 1. The molecule has 0 amide bonds. The lowest BCUT2D eigenvalue weighted by Gasteiger charge is -2.14. The van der Waals surface area contributed by atoms with E-state index >= 15 is 0 Å². The van der Waals surface area contributed by atoms with E-state index in [-0.39, 0.29) is 21.8 Å². The molecule has 0 aliphatic rings. The summed E-state index contributed by atoms with van der Waals surface area (Å²) in [5.41, 5.74) is -2.17. The van der Waals surface area contributed by atoms with E-state index in [4.69, 9.17) is 27.9 Å². The molecule has 0 aliphatic heterocycles. The standard InChI is InChI=1S/C17H11Cl2F4NO4/c1-7(15(25)27-2)28-16(26)9-4-10(13(20)5-11(9)18)14-12(19)3-8(6-24-14)17(21,22)23/h3-7H,1-2H3/t7-/m0/s1. The molecule has 2 rings (SSSR count). The maximum Gasteiger partial charge on any atom is 0.417 e. The van der Waals surface area contributed by atoms with Gasteiger partial charge in [-0.05, 0) is 25.1 Å². The van der Waals surface area contributed by atoms with Crippen molar-refractivity contribution in [2.24, 2.45) is 0 Å². The molecule has 0 N–H and O–H groups in total. The quantitative estimate of drug-likeness (QED) is 0.499. The van der Waals surface area contributed by atoms with Crippen molar-refractivity contribution < 1.29 is 36.6 Å². The number of halogens is 6. The number of hydrogen-bond acceptors (Lipinski definition) is 5. The third kappa shape index (κ3) is 4.71. The Kier molecular flexibility index (Phi) is 6.51. The van der Waals surface area contributed by atoms with Crippen LogP contribution in [-0.4, -0.2) is 30.1 Å². The van der Waals surface area contributed by atoms with Gasteiger partial charge in [-0.2, -0.15) is 13.2 Å². The second-order valence-corrected chi connectivity index (χ2v) is 6.25. The number of ether oxygens (including phenoxy) is 2. The zero-order chi connectivity index (χ0) is 21.2. The molecule has 0 saturated heterocycles. The van der Waals surface area contributed by atoms with Crippen LogP contribution in [0, 0.1) is 5.82 Å². The molecule has 1 aromatic heterocycles. The van der Waals surface area contributed by atoms with Gasteiger partial charge in [-0.3, -0.25) is 4.98 Å². The second kappa shape index (κ2) is 8.32. The summed E-state index contributed by atoms with van der Waals surface area (Å²) in [6.07, 6.45) is -5.48. The number of carbonyl (C=O) groups is 2. The Bertz CT molecular complexity index is 934. The first-order chi connectivity index (χ1) is 13.0. The number of rotatable bonds is 4.